The molecule has 0 aliphatic rings. The number of methoxy groups -OCH3 is 4. The van der Waals surface area contributed by atoms with E-state index in [-0.39, 0.29) is 0 Å². The number of ether oxygens (including phenoxy) is 4. The molecule has 2 rings (SSSR count). The van der Waals surface area contributed by atoms with Crippen LogP contribution in [0, 0.1) is 0 Å². The Hall–Kier alpha value is -2.41. The first kappa shape index (κ1) is 18.9. The molecule has 0 fully saturated rings. The zero-order valence-electron chi connectivity index (χ0n) is 14.6. The summed E-state index contributed by atoms with van der Waals surface area (Å²) in [5, 5.41) is 4.24. The number of nitrogens with zero attached hydrogens (tertiary/aromatic N) is 1. The van der Waals surface area contributed by atoms with E-state index >= 15 is 0 Å². The lowest BCUT2D eigenvalue weighted by atomic mass is 10.2. The molecule has 0 heterocycles. The Labute approximate surface area is 155 Å². The molecular formula is C18H21BrN2O4. The first-order chi connectivity index (χ1) is 12.1. The van der Waals surface area contributed by atoms with Gasteiger partial charge in [0.05, 0.1) is 45.7 Å². The fraction of sp³-hybridized carbons (Fsp3) is 0.278. The summed E-state index contributed by atoms with van der Waals surface area (Å²) in [6.07, 6.45) is 1.72. The van der Waals surface area contributed by atoms with E-state index in [2.05, 4.69) is 26.5 Å². The number of hydrogen-bond donors (Lipinski definition) is 1. The van der Waals surface area contributed by atoms with E-state index in [1.54, 1.807) is 34.7 Å². The van der Waals surface area contributed by atoms with Crippen LogP contribution in [0.1, 0.15) is 11.1 Å². The van der Waals surface area contributed by atoms with E-state index < -0.39 is 0 Å². The Bertz CT molecular complexity index is 750. The van der Waals surface area contributed by atoms with Crippen molar-refractivity contribution in [1.29, 1.82) is 0 Å². The van der Waals surface area contributed by atoms with Crippen LogP contribution in [0.4, 0.5) is 0 Å². The molecule has 0 amide bonds. The van der Waals surface area contributed by atoms with Crippen LogP contribution in [0.15, 0.2) is 39.9 Å². The van der Waals surface area contributed by atoms with Gasteiger partial charge in [-0.3, -0.25) is 0 Å². The van der Waals surface area contributed by atoms with Crippen LogP contribution in [-0.4, -0.2) is 34.7 Å². The normalized spacial score (nSPS) is 10.6. The van der Waals surface area contributed by atoms with Crippen LogP contribution >= 0.6 is 15.9 Å². The molecule has 0 atom stereocenters. The Balaban J connectivity index is 2.03. The zero-order chi connectivity index (χ0) is 18.2. The van der Waals surface area contributed by atoms with E-state index in [1.807, 2.05) is 30.3 Å². The lowest BCUT2D eigenvalue weighted by Crippen LogP contribution is -2.06. The third kappa shape index (κ3) is 4.79. The first-order valence-corrected chi connectivity index (χ1v) is 8.30. The van der Waals surface area contributed by atoms with Gasteiger partial charge >= 0.3 is 0 Å². The lowest BCUT2D eigenvalue weighted by Gasteiger charge is -2.10. The molecule has 0 aromatic heterocycles. The standard InChI is InChI=1S/C18H21BrN2O4/c1-22-15-6-5-12(8-16(15)23-2)10-20-21-11-13-7-14(19)18(25-4)17(9-13)24-3/h5-9,11,20H,10H2,1-4H3/b21-11+. The van der Waals surface area contributed by atoms with Gasteiger partial charge in [-0.15, -0.1) is 0 Å². The fourth-order valence-electron chi connectivity index (χ4n) is 2.26. The minimum absolute atomic E-state index is 0.561. The molecule has 1 N–H and O–H groups in total. The maximum Gasteiger partial charge on any atom is 0.174 e. The highest BCUT2D eigenvalue weighted by atomic mass is 79.9. The van der Waals surface area contributed by atoms with E-state index in [0.29, 0.717) is 29.5 Å². The van der Waals surface area contributed by atoms with Gasteiger partial charge in [-0.05, 0) is 51.3 Å². The van der Waals surface area contributed by atoms with Gasteiger partial charge in [0.25, 0.3) is 0 Å². The Morgan fingerprint density at radius 1 is 0.920 bits per heavy atom. The van der Waals surface area contributed by atoms with Gasteiger partial charge < -0.3 is 24.4 Å². The van der Waals surface area contributed by atoms with Crippen molar-refractivity contribution in [2.75, 3.05) is 28.4 Å². The molecule has 0 aliphatic carbocycles. The van der Waals surface area contributed by atoms with Gasteiger partial charge in [0, 0.05) is 0 Å². The summed E-state index contributed by atoms with van der Waals surface area (Å²) >= 11 is 3.46. The second-order valence-corrected chi connectivity index (χ2v) is 5.87. The summed E-state index contributed by atoms with van der Waals surface area (Å²) in [5.41, 5.74) is 4.92. The minimum atomic E-state index is 0.561. The highest BCUT2D eigenvalue weighted by Crippen LogP contribution is 2.35. The molecule has 0 radical (unpaired) electrons. The summed E-state index contributed by atoms with van der Waals surface area (Å²) in [7, 11) is 6.42. The quantitative estimate of drug-likeness (QED) is 0.533. The molecule has 6 nitrogen and oxygen atoms in total. The number of nitrogens with one attached hydrogen (secondary N) is 1. The summed E-state index contributed by atoms with van der Waals surface area (Å²) in [6.45, 7) is 0.561. The fourth-order valence-corrected chi connectivity index (χ4v) is 2.88. The molecule has 0 unspecified atom stereocenters. The second-order valence-electron chi connectivity index (χ2n) is 5.02. The average molecular weight is 409 g/mol. The molecular weight excluding hydrogens is 388 g/mol. The Morgan fingerprint density at radius 3 is 2.28 bits per heavy atom. The number of hydrazone groups is 1. The van der Waals surface area contributed by atoms with Crippen LogP contribution in [-0.2, 0) is 6.54 Å². The van der Waals surface area contributed by atoms with Crippen molar-refractivity contribution in [3.8, 4) is 23.0 Å². The zero-order valence-corrected chi connectivity index (χ0v) is 16.2. The smallest absolute Gasteiger partial charge is 0.174 e. The van der Waals surface area contributed by atoms with Crippen LogP contribution < -0.4 is 24.4 Å². The van der Waals surface area contributed by atoms with Crippen molar-refractivity contribution in [2.45, 2.75) is 6.54 Å². The van der Waals surface area contributed by atoms with Crippen molar-refractivity contribution in [2.24, 2.45) is 5.10 Å². The van der Waals surface area contributed by atoms with Crippen LogP contribution in [0.25, 0.3) is 0 Å². The number of rotatable bonds is 8. The number of hydrogen-bond acceptors (Lipinski definition) is 6. The third-order valence-corrected chi connectivity index (χ3v) is 4.08. The minimum Gasteiger partial charge on any atom is -0.493 e. The van der Waals surface area contributed by atoms with Crippen molar-refractivity contribution in [3.63, 3.8) is 0 Å². The van der Waals surface area contributed by atoms with E-state index in [9.17, 15) is 0 Å². The summed E-state index contributed by atoms with van der Waals surface area (Å²) in [5.74, 6) is 2.68. The molecule has 2 aromatic carbocycles. The summed E-state index contributed by atoms with van der Waals surface area (Å²) in [4.78, 5) is 0. The van der Waals surface area contributed by atoms with Gasteiger partial charge in [0.15, 0.2) is 23.0 Å². The van der Waals surface area contributed by atoms with Crippen molar-refractivity contribution in [1.82, 2.24) is 5.43 Å². The molecule has 0 bridgehead atoms. The molecule has 25 heavy (non-hydrogen) atoms. The van der Waals surface area contributed by atoms with Crippen molar-refractivity contribution in [3.05, 3.63) is 45.9 Å². The number of halogens is 1. The van der Waals surface area contributed by atoms with Crippen LogP contribution in [0.3, 0.4) is 0 Å². The summed E-state index contributed by atoms with van der Waals surface area (Å²) < 4.78 is 21.9. The van der Waals surface area contributed by atoms with Gasteiger partial charge in [-0.1, -0.05) is 6.07 Å². The molecule has 2 aromatic rings. The van der Waals surface area contributed by atoms with Gasteiger partial charge in [0.2, 0.25) is 0 Å². The molecule has 134 valence electrons. The SMILES string of the molecule is COc1ccc(CN/N=C/c2cc(Br)c(OC)c(OC)c2)cc1OC. The predicted molar refractivity (Wildman–Crippen MR) is 101 cm³/mol. The molecule has 0 spiro atoms. The van der Waals surface area contributed by atoms with Gasteiger partial charge in [0.1, 0.15) is 0 Å². The third-order valence-electron chi connectivity index (χ3n) is 3.49. The van der Waals surface area contributed by atoms with Crippen LogP contribution in [0.5, 0.6) is 23.0 Å². The Morgan fingerprint density at radius 2 is 1.64 bits per heavy atom. The molecule has 0 saturated carbocycles. The maximum atomic E-state index is 5.32. The van der Waals surface area contributed by atoms with Gasteiger partial charge in [-0.2, -0.15) is 5.10 Å². The van der Waals surface area contributed by atoms with E-state index in [0.717, 1.165) is 15.6 Å². The predicted octanol–water partition coefficient (Wildman–Crippen LogP) is 3.61. The first-order valence-electron chi connectivity index (χ1n) is 7.51. The largest absolute Gasteiger partial charge is 0.493 e. The van der Waals surface area contributed by atoms with E-state index in [4.69, 9.17) is 18.9 Å². The summed E-state index contributed by atoms with van der Waals surface area (Å²) in [6, 6.07) is 9.49. The second kappa shape index (κ2) is 9.17. The molecule has 0 saturated heterocycles. The van der Waals surface area contributed by atoms with Crippen LogP contribution in [0.2, 0.25) is 0 Å². The van der Waals surface area contributed by atoms with Crippen molar-refractivity contribution >= 4 is 22.1 Å². The number of benzene rings is 2. The van der Waals surface area contributed by atoms with E-state index in [1.165, 1.54) is 0 Å². The topological polar surface area (TPSA) is 61.3 Å². The Kier molecular flexibility index (Phi) is 6.94. The highest BCUT2D eigenvalue weighted by molar-refractivity contribution is 9.10. The molecule has 0 aliphatic heterocycles. The maximum absolute atomic E-state index is 5.32. The molecule has 7 heteroatoms. The van der Waals surface area contributed by atoms with Crippen molar-refractivity contribution < 1.29 is 18.9 Å². The van der Waals surface area contributed by atoms with Gasteiger partial charge in [-0.25, -0.2) is 0 Å². The monoisotopic (exact) mass is 408 g/mol. The average Bonchev–Trinajstić information content (AvgIpc) is 2.64. The lowest BCUT2D eigenvalue weighted by molar-refractivity contribution is 0.353. The highest BCUT2D eigenvalue weighted by Gasteiger charge is 2.09.